The Balaban J connectivity index is 0. The summed E-state index contributed by atoms with van der Waals surface area (Å²) >= 11 is 0. The van der Waals surface area contributed by atoms with Gasteiger partial charge in [0.15, 0.2) is 0 Å². The van der Waals surface area contributed by atoms with Crippen LogP contribution >= 0.6 is 0 Å². The van der Waals surface area contributed by atoms with E-state index in [-0.39, 0.29) is 4.90 Å². The third-order valence-electron chi connectivity index (χ3n) is 3.32. The number of hydrogen-bond acceptors (Lipinski definition) is 3. The zero-order valence-corrected chi connectivity index (χ0v) is 13.8. The Morgan fingerprint density at radius 2 is 1.35 bits per heavy atom. The molecule has 0 bridgehead atoms. The Kier molecular flexibility index (Phi) is 11.2. The van der Waals surface area contributed by atoms with Gasteiger partial charge in [-0.25, -0.2) is 8.42 Å². The molecule has 0 fully saturated rings. The number of hydrogen-bond donors (Lipinski definition) is 0. The van der Waals surface area contributed by atoms with Crippen LogP contribution in [0, 0.1) is 0 Å². The highest BCUT2D eigenvalue weighted by molar-refractivity contribution is 7.85. The Labute approximate surface area is 124 Å². The molecule has 0 aliphatic rings. The second-order valence-electron chi connectivity index (χ2n) is 4.34. The minimum Gasteiger partial charge on any atom is -0.744 e. The van der Waals surface area contributed by atoms with E-state index in [9.17, 15) is 13.0 Å². The van der Waals surface area contributed by atoms with Gasteiger partial charge < -0.3 is 9.04 Å². The maximum absolute atomic E-state index is 10.3. The highest BCUT2D eigenvalue weighted by atomic mass is 32.2. The van der Waals surface area contributed by atoms with Gasteiger partial charge >= 0.3 is 0 Å². The fourth-order valence-corrected chi connectivity index (χ4v) is 1.75. The highest BCUT2D eigenvalue weighted by Crippen LogP contribution is 2.05. The van der Waals surface area contributed by atoms with Crippen molar-refractivity contribution in [3.8, 4) is 0 Å². The summed E-state index contributed by atoms with van der Waals surface area (Å²) in [4.78, 5) is -0.185. The maximum atomic E-state index is 10.3. The Morgan fingerprint density at radius 3 is 1.50 bits per heavy atom. The Bertz CT molecular complexity index is 431. The average Bonchev–Trinajstić information content (AvgIpc) is 2.49. The van der Waals surface area contributed by atoms with Gasteiger partial charge in [-0.15, -0.1) is 13.2 Å². The van der Waals surface area contributed by atoms with Gasteiger partial charge in [0.05, 0.1) is 31.6 Å². The molecule has 0 aliphatic carbocycles. The second kappa shape index (κ2) is 10.6. The molecule has 1 aromatic carbocycles. The SMILES string of the molecule is C=C.CC[N+](C)(CC)CC.O=S(=O)([O-])c1ccccc1. The smallest absolute Gasteiger partial charge is 0.124 e. The Hall–Kier alpha value is -1.17. The molecule has 0 radical (unpaired) electrons. The number of rotatable bonds is 4. The standard InChI is InChI=1S/C7H18N.C6H6O3S.C2H4/c1-5-8(4,6-2)7-3;7-10(8,9)6-4-2-1-3-5-6;1-2/h5-7H2,1-4H3;1-5H,(H,7,8,9);1-2H2/q+1;;/p-1. The van der Waals surface area contributed by atoms with Crippen LogP contribution in [0.3, 0.4) is 0 Å². The van der Waals surface area contributed by atoms with Gasteiger partial charge in [0, 0.05) is 0 Å². The molecule has 0 N–H and O–H groups in total. The van der Waals surface area contributed by atoms with Crippen molar-refractivity contribution in [2.75, 3.05) is 26.7 Å². The zero-order chi connectivity index (χ0) is 16.2. The highest BCUT2D eigenvalue weighted by Gasteiger charge is 2.10. The first-order chi connectivity index (χ1) is 9.29. The van der Waals surface area contributed by atoms with Crippen LogP contribution in [0.5, 0.6) is 0 Å². The van der Waals surface area contributed by atoms with E-state index in [2.05, 4.69) is 41.0 Å². The summed E-state index contributed by atoms with van der Waals surface area (Å²) in [5.41, 5.74) is 0. The third-order valence-corrected chi connectivity index (χ3v) is 4.17. The summed E-state index contributed by atoms with van der Waals surface area (Å²) in [7, 11) is -1.96. The van der Waals surface area contributed by atoms with Crippen LogP contribution in [-0.4, -0.2) is 44.1 Å². The summed E-state index contributed by atoms with van der Waals surface area (Å²) in [6.07, 6.45) is 0. The van der Waals surface area contributed by atoms with Gasteiger partial charge in [-0.1, -0.05) is 18.2 Å². The second-order valence-corrected chi connectivity index (χ2v) is 5.72. The minimum absolute atomic E-state index is 0.185. The first-order valence-corrected chi connectivity index (χ1v) is 8.04. The van der Waals surface area contributed by atoms with Crippen molar-refractivity contribution < 1.29 is 17.5 Å². The molecule has 4 nitrogen and oxygen atoms in total. The normalized spacial score (nSPS) is 10.7. The van der Waals surface area contributed by atoms with Crippen LogP contribution in [0.2, 0.25) is 0 Å². The molecule has 0 atom stereocenters. The van der Waals surface area contributed by atoms with E-state index < -0.39 is 10.1 Å². The summed E-state index contributed by atoms with van der Waals surface area (Å²) in [5, 5.41) is 0. The molecule has 0 amide bonds. The molecule has 0 unspecified atom stereocenters. The van der Waals surface area contributed by atoms with Crippen LogP contribution < -0.4 is 0 Å². The van der Waals surface area contributed by atoms with E-state index in [1.807, 2.05) is 0 Å². The molecule has 0 heterocycles. The molecule has 116 valence electrons. The molecule has 0 saturated heterocycles. The van der Waals surface area contributed by atoms with E-state index in [0.717, 1.165) is 0 Å². The first kappa shape index (κ1) is 21.1. The van der Waals surface area contributed by atoms with Gasteiger partial charge in [0.2, 0.25) is 0 Å². The quantitative estimate of drug-likeness (QED) is 0.488. The van der Waals surface area contributed by atoms with Gasteiger partial charge in [0.1, 0.15) is 10.1 Å². The molecule has 20 heavy (non-hydrogen) atoms. The van der Waals surface area contributed by atoms with E-state index in [1.54, 1.807) is 6.07 Å². The molecule has 0 aromatic heterocycles. The maximum Gasteiger partial charge on any atom is 0.124 e. The number of quaternary nitrogens is 1. The van der Waals surface area contributed by atoms with Gasteiger partial charge in [-0.2, -0.15) is 0 Å². The van der Waals surface area contributed by atoms with Crippen molar-refractivity contribution in [2.24, 2.45) is 0 Å². The van der Waals surface area contributed by atoms with E-state index >= 15 is 0 Å². The lowest BCUT2D eigenvalue weighted by atomic mass is 10.4. The third kappa shape index (κ3) is 8.85. The van der Waals surface area contributed by atoms with E-state index in [4.69, 9.17) is 0 Å². The van der Waals surface area contributed by atoms with Crippen molar-refractivity contribution in [1.29, 1.82) is 0 Å². The number of nitrogens with zero attached hydrogens (tertiary/aromatic N) is 1. The molecule has 0 aliphatic heterocycles. The van der Waals surface area contributed by atoms with Crippen LogP contribution in [0.25, 0.3) is 0 Å². The molecule has 1 rings (SSSR count). The molecular formula is C15H27NO3S. The zero-order valence-electron chi connectivity index (χ0n) is 13.0. The van der Waals surface area contributed by atoms with Crippen LogP contribution in [0.4, 0.5) is 0 Å². The summed E-state index contributed by atoms with van der Waals surface area (Å²) in [5.74, 6) is 0. The summed E-state index contributed by atoms with van der Waals surface area (Å²) in [6.45, 7) is 16.5. The van der Waals surface area contributed by atoms with Crippen LogP contribution in [0.15, 0.2) is 48.4 Å². The average molecular weight is 301 g/mol. The van der Waals surface area contributed by atoms with Crippen LogP contribution in [-0.2, 0) is 10.1 Å². The minimum atomic E-state index is -4.25. The summed E-state index contributed by atoms with van der Waals surface area (Å²) in [6, 6.07) is 7.19. The van der Waals surface area contributed by atoms with Crippen molar-refractivity contribution >= 4 is 10.1 Å². The van der Waals surface area contributed by atoms with E-state index in [0.29, 0.717) is 0 Å². The monoisotopic (exact) mass is 301 g/mol. The lowest BCUT2D eigenvalue weighted by Gasteiger charge is -2.30. The fraction of sp³-hybridized carbons (Fsp3) is 0.467. The Morgan fingerprint density at radius 1 is 1.00 bits per heavy atom. The molecule has 0 spiro atoms. The molecule has 0 saturated carbocycles. The van der Waals surface area contributed by atoms with Crippen LogP contribution in [0.1, 0.15) is 20.8 Å². The summed E-state index contributed by atoms with van der Waals surface area (Å²) < 4.78 is 32.0. The lowest BCUT2D eigenvalue weighted by Crippen LogP contribution is -2.42. The largest absolute Gasteiger partial charge is 0.744 e. The fourth-order valence-electron chi connectivity index (χ4n) is 1.26. The molecular weight excluding hydrogens is 274 g/mol. The first-order valence-electron chi connectivity index (χ1n) is 6.63. The van der Waals surface area contributed by atoms with Crippen molar-refractivity contribution in [3.63, 3.8) is 0 Å². The van der Waals surface area contributed by atoms with Crippen molar-refractivity contribution in [3.05, 3.63) is 43.5 Å². The predicted molar refractivity (Wildman–Crippen MR) is 83.5 cm³/mol. The van der Waals surface area contributed by atoms with Crippen molar-refractivity contribution in [2.45, 2.75) is 25.7 Å². The molecule has 1 aromatic rings. The number of benzene rings is 1. The van der Waals surface area contributed by atoms with Crippen molar-refractivity contribution in [1.82, 2.24) is 0 Å². The predicted octanol–water partition coefficient (Wildman–Crippen LogP) is 2.89. The van der Waals surface area contributed by atoms with Gasteiger partial charge in [-0.3, -0.25) is 0 Å². The van der Waals surface area contributed by atoms with Gasteiger partial charge in [-0.05, 0) is 32.9 Å². The molecule has 5 heteroatoms. The van der Waals surface area contributed by atoms with Gasteiger partial charge in [0.25, 0.3) is 0 Å². The van der Waals surface area contributed by atoms with E-state index in [1.165, 1.54) is 48.4 Å². The topological polar surface area (TPSA) is 57.2 Å². The lowest BCUT2D eigenvalue weighted by molar-refractivity contribution is -0.904.